The number of para-hydroxylation sites is 2. The van der Waals surface area contributed by atoms with Crippen LogP contribution >= 0.6 is 0 Å². The highest BCUT2D eigenvalue weighted by molar-refractivity contribution is 5.90. The number of anilines is 1. The highest BCUT2D eigenvalue weighted by atomic mass is 16.5. The average Bonchev–Trinajstić information content (AvgIpc) is 2.53. The van der Waals surface area contributed by atoms with Crippen LogP contribution in [0, 0.1) is 13.8 Å². The molecule has 0 aliphatic rings. The van der Waals surface area contributed by atoms with E-state index in [9.17, 15) is 4.79 Å². The van der Waals surface area contributed by atoms with E-state index in [1.807, 2.05) is 51.1 Å². The van der Waals surface area contributed by atoms with E-state index in [2.05, 4.69) is 16.7 Å². The van der Waals surface area contributed by atoms with Crippen molar-refractivity contribution in [1.29, 1.82) is 0 Å². The van der Waals surface area contributed by atoms with Crippen LogP contribution in [-0.4, -0.2) is 25.8 Å². The number of aryl methyl sites for hydroxylation is 2. The van der Waals surface area contributed by atoms with Crippen molar-refractivity contribution < 1.29 is 14.3 Å². The minimum atomic E-state index is -0.286. The van der Waals surface area contributed by atoms with Crippen LogP contribution < -0.4 is 20.1 Å². The van der Waals surface area contributed by atoms with Gasteiger partial charge in [-0.25, -0.2) is 4.79 Å². The number of ether oxygens (including phenoxy) is 2. The number of nitrogens with one attached hydrogen (secondary N) is 2. The molecule has 0 saturated heterocycles. The molecule has 2 aromatic rings. The molecule has 0 aliphatic heterocycles. The monoisotopic (exact) mass is 328 g/mol. The van der Waals surface area contributed by atoms with Crippen molar-refractivity contribution in [2.45, 2.75) is 20.8 Å². The molecule has 0 heterocycles. The average molecular weight is 328 g/mol. The number of amides is 2. The van der Waals surface area contributed by atoms with E-state index in [-0.39, 0.29) is 6.03 Å². The molecule has 2 aromatic carbocycles. The van der Waals surface area contributed by atoms with Crippen molar-refractivity contribution in [1.82, 2.24) is 5.32 Å². The van der Waals surface area contributed by atoms with E-state index in [0.29, 0.717) is 31.2 Å². The molecular weight excluding hydrogens is 304 g/mol. The number of hydrogen-bond acceptors (Lipinski definition) is 3. The van der Waals surface area contributed by atoms with Crippen molar-refractivity contribution in [2.24, 2.45) is 0 Å². The van der Waals surface area contributed by atoms with Crippen molar-refractivity contribution in [2.75, 3.05) is 25.1 Å². The van der Waals surface area contributed by atoms with Gasteiger partial charge in [0.15, 0.2) is 0 Å². The third-order valence-corrected chi connectivity index (χ3v) is 3.29. The van der Waals surface area contributed by atoms with Gasteiger partial charge in [0.1, 0.15) is 18.1 Å². The Bertz CT molecular complexity index is 666. The first-order valence-corrected chi connectivity index (χ1v) is 8.06. The minimum absolute atomic E-state index is 0.286. The third-order valence-electron chi connectivity index (χ3n) is 3.29. The van der Waals surface area contributed by atoms with Crippen LogP contribution in [0.2, 0.25) is 0 Å². The zero-order chi connectivity index (χ0) is 17.4. The molecule has 2 N–H and O–H groups in total. The van der Waals surface area contributed by atoms with Crippen molar-refractivity contribution in [3.63, 3.8) is 0 Å². The number of rotatable bonds is 7. The van der Waals surface area contributed by atoms with E-state index < -0.39 is 0 Å². The first kappa shape index (κ1) is 17.7. The van der Waals surface area contributed by atoms with Crippen LogP contribution in [0.15, 0.2) is 42.5 Å². The number of urea groups is 1. The fourth-order valence-corrected chi connectivity index (χ4v) is 2.37. The van der Waals surface area contributed by atoms with Crippen LogP contribution in [0.25, 0.3) is 0 Å². The smallest absolute Gasteiger partial charge is 0.319 e. The molecule has 0 aromatic heterocycles. The Morgan fingerprint density at radius 3 is 2.46 bits per heavy atom. The quantitative estimate of drug-likeness (QED) is 0.758. The Balaban J connectivity index is 1.77. The van der Waals surface area contributed by atoms with Crippen LogP contribution in [-0.2, 0) is 0 Å². The predicted octanol–water partition coefficient (Wildman–Crippen LogP) is 3.90. The number of carbonyl (C=O) groups is 1. The Hall–Kier alpha value is -2.69. The Labute approximate surface area is 143 Å². The molecule has 0 unspecified atom stereocenters. The second-order valence-corrected chi connectivity index (χ2v) is 5.48. The topological polar surface area (TPSA) is 59.6 Å². The first-order valence-electron chi connectivity index (χ1n) is 8.06. The molecule has 128 valence electrons. The normalized spacial score (nSPS) is 10.1. The highest BCUT2D eigenvalue weighted by Crippen LogP contribution is 2.23. The van der Waals surface area contributed by atoms with E-state index in [4.69, 9.17) is 9.47 Å². The Morgan fingerprint density at radius 1 is 1.04 bits per heavy atom. The van der Waals surface area contributed by atoms with Gasteiger partial charge in [0, 0.05) is 0 Å². The molecule has 0 fully saturated rings. The van der Waals surface area contributed by atoms with Crippen molar-refractivity contribution in [3.05, 3.63) is 53.6 Å². The second-order valence-electron chi connectivity index (χ2n) is 5.48. The van der Waals surface area contributed by atoms with Gasteiger partial charge in [0.05, 0.1) is 18.8 Å². The molecule has 0 saturated carbocycles. The van der Waals surface area contributed by atoms with Gasteiger partial charge in [0.25, 0.3) is 0 Å². The molecular formula is C19H24N2O3. The van der Waals surface area contributed by atoms with Crippen LogP contribution in [0.4, 0.5) is 10.5 Å². The molecule has 0 atom stereocenters. The predicted molar refractivity (Wildman–Crippen MR) is 96.0 cm³/mol. The summed E-state index contributed by atoms with van der Waals surface area (Å²) in [6.07, 6.45) is 0. The lowest BCUT2D eigenvalue weighted by Gasteiger charge is -2.12. The van der Waals surface area contributed by atoms with E-state index in [0.717, 1.165) is 16.9 Å². The number of carbonyl (C=O) groups excluding carboxylic acids is 1. The summed E-state index contributed by atoms with van der Waals surface area (Å²) in [6.45, 7) is 7.33. The van der Waals surface area contributed by atoms with Gasteiger partial charge < -0.3 is 20.1 Å². The summed E-state index contributed by atoms with van der Waals surface area (Å²) in [5, 5.41) is 5.55. The summed E-state index contributed by atoms with van der Waals surface area (Å²) in [5.41, 5.74) is 2.96. The van der Waals surface area contributed by atoms with E-state index in [1.54, 1.807) is 6.07 Å². The summed E-state index contributed by atoms with van der Waals surface area (Å²) in [4.78, 5) is 12.0. The minimum Gasteiger partial charge on any atom is -0.492 e. The van der Waals surface area contributed by atoms with Gasteiger partial charge in [-0.05, 0) is 56.2 Å². The summed E-state index contributed by atoms with van der Waals surface area (Å²) < 4.78 is 11.1. The standard InChI is InChI=1S/C19H24N2O3/c1-4-23-18-8-6-5-7-17(18)21-19(22)20-9-10-24-16-12-14(2)11-15(3)13-16/h5-8,11-13H,4,9-10H2,1-3H3,(H2,20,21,22). The zero-order valence-corrected chi connectivity index (χ0v) is 14.4. The maximum Gasteiger partial charge on any atom is 0.319 e. The first-order chi connectivity index (χ1) is 11.6. The summed E-state index contributed by atoms with van der Waals surface area (Å²) in [5.74, 6) is 1.47. The van der Waals surface area contributed by atoms with Crippen molar-refractivity contribution >= 4 is 11.7 Å². The molecule has 0 bridgehead atoms. The highest BCUT2D eigenvalue weighted by Gasteiger charge is 2.06. The number of benzene rings is 2. The van der Waals surface area contributed by atoms with E-state index >= 15 is 0 Å². The maximum absolute atomic E-state index is 12.0. The van der Waals surface area contributed by atoms with Gasteiger partial charge in [-0.15, -0.1) is 0 Å². The van der Waals surface area contributed by atoms with Gasteiger partial charge in [-0.2, -0.15) is 0 Å². The molecule has 5 nitrogen and oxygen atoms in total. The fraction of sp³-hybridized carbons (Fsp3) is 0.316. The molecule has 5 heteroatoms. The van der Waals surface area contributed by atoms with Gasteiger partial charge >= 0.3 is 6.03 Å². The largest absolute Gasteiger partial charge is 0.492 e. The van der Waals surface area contributed by atoms with Crippen molar-refractivity contribution in [3.8, 4) is 11.5 Å². The zero-order valence-electron chi connectivity index (χ0n) is 14.4. The Kier molecular flexibility index (Phi) is 6.49. The molecule has 0 aliphatic carbocycles. The molecule has 2 amide bonds. The van der Waals surface area contributed by atoms with Crippen LogP contribution in [0.5, 0.6) is 11.5 Å². The fourth-order valence-electron chi connectivity index (χ4n) is 2.37. The molecule has 0 radical (unpaired) electrons. The SMILES string of the molecule is CCOc1ccccc1NC(=O)NCCOc1cc(C)cc(C)c1. The lowest BCUT2D eigenvalue weighted by molar-refractivity contribution is 0.247. The van der Waals surface area contributed by atoms with Gasteiger partial charge in [0.2, 0.25) is 0 Å². The molecule has 0 spiro atoms. The maximum atomic E-state index is 12.0. The summed E-state index contributed by atoms with van der Waals surface area (Å²) >= 11 is 0. The van der Waals surface area contributed by atoms with Gasteiger partial charge in [-0.3, -0.25) is 0 Å². The lowest BCUT2D eigenvalue weighted by atomic mass is 10.1. The summed E-state index contributed by atoms with van der Waals surface area (Å²) in [6, 6.07) is 13.1. The number of hydrogen-bond donors (Lipinski definition) is 2. The molecule has 2 rings (SSSR count). The summed E-state index contributed by atoms with van der Waals surface area (Å²) in [7, 11) is 0. The van der Waals surface area contributed by atoms with Crippen LogP contribution in [0.1, 0.15) is 18.1 Å². The second kappa shape index (κ2) is 8.82. The van der Waals surface area contributed by atoms with Gasteiger partial charge in [-0.1, -0.05) is 18.2 Å². The third kappa shape index (κ3) is 5.50. The van der Waals surface area contributed by atoms with E-state index in [1.165, 1.54) is 0 Å². The Morgan fingerprint density at radius 2 is 1.75 bits per heavy atom. The molecule has 24 heavy (non-hydrogen) atoms. The van der Waals surface area contributed by atoms with Crippen LogP contribution in [0.3, 0.4) is 0 Å². The lowest BCUT2D eigenvalue weighted by Crippen LogP contribution is -2.32.